The number of fused-ring (bicyclic) bond motifs is 2. The molecule has 3 aromatic carbocycles. The maximum absolute atomic E-state index is 13.6. The lowest BCUT2D eigenvalue weighted by atomic mass is 9.99. The minimum absolute atomic E-state index is 0.0893. The van der Waals surface area contributed by atoms with Crippen LogP contribution in [0.3, 0.4) is 0 Å². The molecule has 0 saturated carbocycles. The lowest BCUT2D eigenvalue weighted by Gasteiger charge is -2.12. The largest absolute Gasteiger partial charge is 0.338 e. The van der Waals surface area contributed by atoms with Gasteiger partial charge in [-0.15, -0.1) is 0 Å². The fraction of sp³-hybridized carbons (Fsp3) is 0.208. The number of carbonyl (C=O) groups is 1. The summed E-state index contributed by atoms with van der Waals surface area (Å²) in [5.41, 5.74) is 2.67. The molecule has 2 nitrogen and oxygen atoms in total. The van der Waals surface area contributed by atoms with Gasteiger partial charge in [-0.1, -0.05) is 78.2 Å². The molecule has 4 aromatic rings. The number of hydrogen-bond acceptors (Lipinski definition) is 1. The Balaban J connectivity index is 1.86. The van der Waals surface area contributed by atoms with E-state index in [0.717, 1.165) is 50.4 Å². The Labute approximate surface area is 167 Å². The molecule has 0 atom stereocenters. The average Bonchev–Trinajstić information content (AvgIpc) is 3.07. The highest BCUT2D eigenvalue weighted by Gasteiger charge is 2.19. The molecule has 27 heavy (non-hydrogen) atoms. The first kappa shape index (κ1) is 18.0. The fourth-order valence-corrected chi connectivity index (χ4v) is 4.24. The van der Waals surface area contributed by atoms with E-state index in [1.54, 1.807) is 0 Å². The van der Waals surface area contributed by atoms with Crippen LogP contribution < -0.4 is 0 Å². The van der Waals surface area contributed by atoms with Crippen LogP contribution in [0.15, 0.2) is 71.2 Å². The van der Waals surface area contributed by atoms with Gasteiger partial charge in [-0.3, -0.25) is 4.79 Å². The van der Waals surface area contributed by atoms with Crippen LogP contribution in [0.25, 0.3) is 21.7 Å². The molecule has 3 heteroatoms. The maximum atomic E-state index is 13.6. The van der Waals surface area contributed by atoms with Gasteiger partial charge in [-0.05, 0) is 41.5 Å². The molecule has 0 spiro atoms. The zero-order chi connectivity index (χ0) is 18.8. The highest BCUT2D eigenvalue weighted by atomic mass is 79.9. The smallest absolute Gasteiger partial charge is 0.210 e. The number of carbonyl (C=O) groups excluding carboxylic acids is 1. The van der Waals surface area contributed by atoms with Gasteiger partial charge in [0.15, 0.2) is 0 Å². The van der Waals surface area contributed by atoms with Crippen molar-refractivity contribution >= 4 is 43.4 Å². The van der Waals surface area contributed by atoms with Gasteiger partial charge >= 0.3 is 0 Å². The summed E-state index contributed by atoms with van der Waals surface area (Å²) in [5, 5.41) is 3.18. The molecular formula is C24H22BrNO. The SMILES string of the molecule is CCCCCn1c(C(=O)c2ccc(Br)c3ccccc23)cc2ccccc21. The third-order valence-electron chi connectivity index (χ3n) is 5.14. The van der Waals surface area contributed by atoms with E-state index in [1.165, 1.54) is 12.8 Å². The highest BCUT2D eigenvalue weighted by molar-refractivity contribution is 9.10. The van der Waals surface area contributed by atoms with E-state index in [-0.39, 0.29) is 5.78 Å². The van der Waals surface area contributed by atoms with Crippen LogP contribution in [0.1, 0.15) is 42.2 Å². The van der Waals surface area contributed by atoms with E-state index in [9.17, 15) is 4.79 Å². The molecule has 1 aromatic heterocycles. The number of ketones is 1. The van der Waals surface area contributed by atoms with Crippen LogP contribution in [0, 0.1) is 0 Å². The van der Waals surface area contributed by atoms with Crippen molar-refractivity contribution in [3.05, 3.63) is 82.5 Å². The number of halogens is 1. The molecule has 0 aliphatic heterocycles. The molecule has 0 saturated heterocycles. The van der Waals surface area contributed by atoms with Gasteiger partial charge in [-0.25, -0.2) is 0 Å². The third-order valence-corrected chi connectivity index (χ3v) is 5.84. The average molecular weight is 420 g/mol. The van der Waals surface area contributed by atoms with Gasteiger partial charge < -0.3 is 4.57 Å². The molecule has 4 rings (SSSR count). The van der Waals surface area contributed by atoms with Gasteiger partial charge in [0, 0.05) is 27.5 Å². The van der Waals surface area contributed by atoms with Crippen LogP contribution in [-0.4, -0.2) is 10.4 Å². The summed E-state index contributed by atoms with van der Waals surface area (Å²) < 4.78 is 3.21. The van der Waals surface area contributed by atoms with E-state index in [2.05, 4.69) is 39.6 Å². The lowest BCUT2D eigenvalue weighted by Crippen LogP contribution is -2.11. The van der Waals surface area contributed by atoms with E-state index >= 15 is 0 Å². The molecule has 0 unspecified atom stereocenters. The van der Waals surface area contributed by atoms with Gasteiger partial charge in [-0.2, -0.15) is 0 Å². The Kier molecular flexibility index (Phi) is 5.13. The van der Waals surface area contributed by atoms with E-state index in [1.807, 2.05) is 54.6 Å². The molecule has 0 fully saturated rings. The van der Waals surface area contributed by atoms with Crippen molar-refractivity contribution in [3.8, 4) is 0 Å². The number of benzene rings is 3. The first-order valence-electron chi connectivity index (χ1n) is 9.51. The summed E-state index contributed by atoms with van der Waals surface area (Å²) in [7, 11) is 0. The predicted octanol–water partition coefficient (Wildman–Crippen LogP) is 6.98. The number of hydrogen-bond donors (Lipinski definition) is 0. The Bertz CT molecular complexity index is 1130. The van der Waals surface area contributed by atoms with E-state index < -0.39 is 0 Å². The Hall–Kier alpha value is -2.39. The number of para-hydroxylation sites is 1. The Morgan fingerprint density at radius 3 is 2.48 bits per heavy atom. The molecule has 0 amide bonds. The molecule has 0 bridgehead atoms. The lowest BCUT2D eigenvalue weighted by molar-refractivity contribution is 0.103. The second kappa shape index (κ2) is 7.69. The standard InChI is InChI=1S/C24H22BrNO/c1-2-3-8-15-26-22-12-7-4-9-17(22)16-23(26)24(27)20-13-14-21(25)19-11-6-5-10-18(19)20/h4-7,9-14,16H,2-3,8,15H2,1H3. The van der Waals surface area contributed by atoms with Gasteiger partial charge in [0.1, 0.15) is 0 Å². The zero-order valence-corrected chi connectivity index (χ0v) is 17.0. The Morgan fingerprint density at radius 1 is 0.926 bits per heavy atom. The minimum atomic E-state index is 0.0893. The quantitative estimate of drug-likeness (QED) is 0.244. The van der Waals surface area contributed by atoms with Crippen molar-refractivity contribution in [2.45, 2.75) is 32.7 Å². The van der Waals surface area contributed by atoms with Crippen molar-refractivity contribution in [3.63, 3.8) is 0 Å². The number of unbranched alkanes of at least 4 members (excludes halogenated alkanes) is 2. The first-order chi connectivity index (χ1) is 13.2. The van der Waals surface area contributed by atoms with Gasteiger partial charge in [0.05, 0.1) is 5.69 Å². The molecular weight excluding hydrogens is 398 g/mol. The van der Waals surface area contributed by atoms with Crippen LogP contribution in [0.2, 0.25) is 0 Å². The molecule has 0 radical (unpaired) electrons. The summed E-state index contributed by atoms with van der Waals surface area (Å²) in [6.45, 7) is 3.07. The predicted molar refractivity (Wildman–Crippen MR) is 117 cm³/mol. The summed E-state index contributed by atoms with van der Waals surface area (Å²) in [5.74, 6) is 0.0893. The third kappa shape index (κ3) is 3.32. The fourth-order valence-electron chi connectivity index (χ4n) is 3.76. The van der Waals surface area contributed by atoms with Crippen molar-refractivity contribution in [1.29, 1.82) is 0 Å². The van der Waals surface area contributed by atoms with Crippen molar-refractivity contribution in [1.82, 2.24) is 4.57 Å². The molecule has 1 heterocycles. The number of aryl methyl sites for hydroxylation is 1. The van der Waals surface area contributed by atoms with Crippen molar-refractivity contribution in [2.24, 2.45) is 0 Å². The topological polar surface area (TPSA) is 22.0 Å². The number of nitrogens with zero attached hydrogens (tertiary/aromatic N) is 1. The van der Waals surface area contributed by atoms with E-state index in [4.69, 9.17) is 0 Å². The number of aromatic nitrogens is 1. The molecule has 136 valence electrons. The normalized spacial score (nSPS) is 11.3. The summed E-state index contributed by atoms with van der Waals surface area (Å²) in [6, 6.07) is 22.3. The molecule has 0 N–H and O–H groups in total. The van der Waals surface area contributed by atoms with Crippen LogP contribution in [-0.2, 0) is 6.54 Å². The van der Waals surface area contributed by atoms with E-state index in [0.29, 0.717) is 0 Å². The summed E-state index contributed by atoms with van der Waals surface area (Å²) in [6.07, 6.45) is 3.41. The maximum Gasteiger partial charge on any atom is 0.210 e. The van der Waals surface area contributed by atoms with Crippen LogP contribution >= 0.6 is 15.9 Å². The second-order valence-corrected chi connectivity index (χ2v) is 7.77. The number of rotatable bonds is 6. The van der Waals surface area contributed by atoms with Crippen molar-refractivity contribution in [2.75, 3.05) is 0 Å². The summed E-state index contributed by atoms with van der Waals surface area (Å²) >= 11 is 3.60. The minimum Gasteiger partial charge on any atom is -0.338 e. The molecule has 0 aliphatic rings. The summed E-state index contributed by atoms with van der Waals surface area (Å²) in [4.78, 5) is 13.6. The first-order valence-corrected chi connectivity index (χ1v) is 10.3. The van der Waals surface area contributed by atoms with Gasteiger partial charge in [0.2, 0.25) is 5.78 Å². The Morgan fingerprint density at radius 2 is 1.67 bits per heavy atom. The zero-order valence-electron chi connectivity index (χ0n) is 15.4. The van der Waals surface area contributed by atoms with Crippen molar-refractivity contribution < 1.29 is 4.79 Å². The van der Waals surface area contributed by atoms with Gasteiger partial charge in [0.25, 0.3) is 0 Å². The van der Waals surface area contributed by atoms with Crippen LogP contribution in [0.5, 0.6) is 0 Å². The monoisotopic (exact) mass is 419 g/mol. The molecule has 0 aliphatic carbocycles. The van der Waals surface area contributed by atoms with Crippen LogP contribution in [0.4, 0.5) is 0 Å². The second-order valence-electron chi connectivity index (χ2n) is 6.92. The highest BCUT2D eigenvalue weighted by Crippen LogP contribution is 2.30.